The fourth-order valence-electron chi connectivity index (χ4n) is 3.87. The average molecular weight is 380 g/mol. The highest BCUT2D eigenvalue weighted by atomic mass is 16.5. The van der Waals surface area contributed by atoms with Crippen LogP contribution in [0.4, 0.5) is 5.69 Å². The lowest BCUT2D eigenvalue weighted by molar-refractivity contribution is -0.902. The second-order valence-electron chi connectivity index (χ2n) is 7.33. The first kappa shape index (κ1) is 18.5. The molecule has 0 aliphatic carbocycles. The Labute approximate surface area is 165 Å². The SMILES string of the molecule is CC[NH+]1CCN(C(=O)c2cccc(CN3C(=O)COc4ccccc43)c2)CC1. The van der Waals surface area contributed by atoms with E-state index in [0.29, 0.717) is 17.9 Å². The molecule has 2 aliphatic heterocycles. The molecule has 2 amide bonds. The molecule has 0 unspecified atom stereocenters. The molecule has 1 fully saturated rings. The lowest BCUT2D eigenvalue weighted by atomic mass is 10.1. The fourth-order valence-corrected chi connectivity index (χ4v) is 3.87. The molecule has 2 aromatic rings. The maximum atomic E-state index is 12.9. The third kappa shape index (κ3) is 3.73. The molecule has 2 aromatic carbocycles. The molecule has 2 aliphatic rings. The topological polar surface area (TPSA) is 54.3 Å². The van der Waals surface area contributed by atoms with Gasteiger partial charge < -0.3 is 19.4 Å². The van der Waals surface area contributed by atoms with E-state index in [1.807, 2.05) is 53.4 Å². The number of hydrogen-bond acceptors (Lipinski definition) is 3. The van der Waals surface area contributed by atoms with Gasteiger partial charge in [-0.15, -0.1) is 0 Å². The Kier molecular flexibility index (Phi) is 5.30. The van der Waals surface area contributed by atoms with Gasteiger partial charge in [0.15, 0.2) is 6.61 Å². The smallest absolute Gasteiger partial charge is 0.265 e. The summed E-state index contributed by atoms with van der Waals surface area (Å²) >= 11 is 0. The van der Waals surface area contributed by atoms with Gasteiger partial charge in [-0.25, -0.2) is 0 Å². The fraction of sp³-hybridized carbons (Fsp3) is 0.364. The van der Waals surface area contributed by atoms with E-state index in [0.717, 1.165) is 44.0 Å². The maximum absolute atomic E-state index is 12.9. The summed E-state index contributed by atoms with van der Waals surface area (Å²) in [6.45, 7) is 7.34. The molecule has 1 N–H and O–H groups in total. The zero-order valence-corrected chi connectivity index (χ0v) is 16.2. The van der Waals surface area contributed by atoms with Gasteiger partial charge in [-0.2, -0.15) is 0 Å². The number of para-hydroxylation sites is 2. The molecule has 0 bridgehead atoms. The van der Waals surface area contributed by atoms with Crippen molar-refractivity contribution >= 4 is 17.5 Å². The Morgan fingerprint density at radius 3 is 2.68 bits per heavy atom. The third-order valence-electron chi connectivity index (χ3n) is 5.58. The largest absolute Gasteiger partial charge is 0.482 e. The van der Waals surface area contributed by atoms with Gasteiger partial charge in [-0.05, 0) is 36.8 Å². The van der Waals surface area contributed by atoms with Gasteiger partial charge >= 0.3 is 0 Å². The van der Waals surface area contributed by atoms with Crippen molar-refractivity contribution in [2.24, 2.45) is 0 Å². The number of rotatable bonds is 4. The van der Waals surface area contributed by atoms with Gasteiger partial charge in [0.25, 0.3) is 11.8 Å². The third-order valence-corrected chi connectivity index (χ3v) is 5.58. The van der Waals surface area contributed by atoms with Crippen molar-refractivity contribution in [1.82, 2.24) is 4.90 Å². The molecule has 28 heavy (non-hydrogen) atoms. The number of quaternary nitrogens is 1. The van der Waals surface area contributed by atoms with Crippen LogP contribution in [0.3, 0.4) is 0 Å². The van der Waals surface area contributed by atoms with Crippen LogP contribution in [0.15, 0.2) is 48.5 Å². The minimum absolute atomic E-state index is 0.0413. The number of piperazine rings is 1. The van der Waals surface area contributed by atoms with Crippen LogP contribution in [0.25, 0.3) is 0 Å². The van der Waals surface area contributed by atoms with E-state index in [9.17, 15) is 9.59 Å². The number of ether oxygens (including phenoxy) is 1. The second kappa shape index (κ2) is 8.02. The molecule has 0 aromatic heterocycles. The molecular weight excluding hydrogens is 354 g/mol. The van der Waals surface area contributed by atoms with E-state index >= 15 is 0 Å². The Balaban J connectivity index is 1.50. The van der Waals surface area contributed by atoms with E-state index in [2.05, 4.69) is 6.92 Å². The molecule has 2 heterocycles. The van der Waals surface area contributed by atoms with E-state index in [-0.39, 0.29) is 18.4 Å². The zero-order valence-electron chi connectivity index (χ0n) is 16.2. The highest BCUT2D eigenvalue weighted by Crippen LogP contribution is 2.32. The number of nitrogens with zero attached hydrogens (tertiary/aromatic N) is 2. The van der Waals surface area contributed by atoms with Gasteiger partial charge in [-0.3, -0.25) is 9.59 Å². The number of fused-ring (bicyclic) bond motifs is 1. The predicted molar refractivity (Wildman–Crippen MR) is 107 cm³/mol. The normalized spacial score (nSPS) is 17.2. The Bertz CT molecular complexity index is 875. The number of anilines is 1. The number of likely N-dealkylation sites (N-methyl/N-ethyl adjacent to an activating group) is 1. The van der Waals surface area contributed by atoms with Crippen LogP contribution < -0.4 is 14.5 Å². The lowest BCUT2D eigenvalue weighted by Gasteiger charge is -2.32. The van der Waals surface area contributed by atoms with Crippen molar-refractivity contribution in [2.45, 2.75) is 13.5 Å². The zero-order chi connectivity index (χ0) is 19.5. The molecule has 0 atom stereocenters. The van der Waals surface area contributed by atoms with Crippen molar-refractivity contribution in [2.75, 3.05) is 44.2 Å². The number of nitrogens with one attached hydrogen (secondary N) is 1. The molecule has 146 valence electrons. The lowest BCUT2D eigenvalue weighted by Crippen LogP contribution is -3.14. The van der Waals surface area contributed by atoms with Crippen molar-refractivity contribution in [3.05, 3.63) is 59.7 Å². The predicted octanol–water partition coefficient (Wildman–Crippen LogP) is 0.973. The highest BCUT2D eigenvalue weighted by molar-refractivity contribution is 5.98. The Hall–Kier alpha value is -2.86. The van der Waals surface area contributed by atoms with E-state index in [1.54, 1.807) is 9.80 Å². The van der Waals surface area contributed by atoms with Crippen LogP contribution >= 0.6 is 0 Å². The van der Waals surface area contributed by atoms with Crippen LogP contribution in [0, 0.1) is 0 Å². The number of amides is 2. The van der Waals surface area contributed by atoms with Gasteiger partial charge in [-0.1, -0.05) is 24.3 Å². The molecule has 0 radical (unpaired) electrons. The summed E-state index contributed by atoms with van der Waals surface area (Å²) < 4.78 is 5.51. The van der Waals surface area contributed by atoms with Crippen LogP contribution in [0.5, 0.6) is 5.75 Å². The number of carbonyl (C=O) groups is 2. The van der Waals surface area contributed by atoms with Gasteiger partial charge in [0, 0.05) is 5.56 Å². The quantitative estimate of drug-likeness (QED) is 0.860. The van der Waals surface area contributed by atoms with Gasteiger partial charge in [0.1, 0.15) is 5.75 Å². The van der Waals surface area contributed by atoms with Gasteiger partial charge in [0.05, 0.1) is 45.0 Å². The Morgan fingerprint density at radius 1 is 1.11 bits per heavy atom. The van der Waals surface area contributed by atoms with Crippen molar-refractivity contribution < 1.29 is 19.2 Å². The van der Waals surface area contributed by atoms with Crippen molar-refractivity contribution in [3.63, 3.8) is 0 Å². The monoisotopic (exact) mass is 380 g/mol. The summed E-state index contributed by atoms with van der Waals surface area (Å²) in [6, 6.07) is 15.2. The molecule has 0 saturated carbocycles. The Morgan fingerprint density at radius 2 is 1.89 bits per heavy atom. The molecule has 4 rings (SSSR count). The first-order valence-corrected chi connectivity index (χ1v) is 9.89. The molecule has 1 saturated heterocycles. The van der Waals surface area contributed by atoms with E-state index in [4.69, 9.17) is 4.74 Å². The van der Waals surface area contributed by atoms with Crippen LogP contribution in [-0.4, -0.2) is 56.0 Å². The summed E-state index contributed by atoms with van der Waals surface area (Å²) in [5.74, 6) is 0.713. The first-order chi connectivity index (χ1) is 13.7. The van der Waals surface area contributed by atoms with Crippen LogP contribution in [0.2, 0.25) is 0 Å². The van der Waals surface area contributed by atoms with Crippen LogP contribution in [0.1, 0.15) is 22.8 Å². The first-order valence-electron chi connectivity index (χ1n) is 9.89. The van der Waals surface area contributed by atoms with Crippen molar-refractivity contribution in [3.8, 4) is 5.75 Å². The molecular formula is C22H26N3O3+. The van der Waals surface area contributed by atoms with Crippen LogP contribution in [-0.2, 0) is 11.3 Å². The summed E-state index contributed by atoms with van der Waals surface area (Å²) in [7, 11) is 0. The molecule has 0 spiro atoms. The molecule has 6 heteroatoms. The van der Waals surface area contributed by atoms with E-state index < -0.39 is 0 Å². The second-order valence-corrected chi connectivity index (χ2v) is 7.33. The molecule has 6 nitrogen and oxygen atoms in total. The number of carbonyl (C=O) groups excluding carboxylic acids is 2. The maximum Gasteiger partial charge on any atom is 0.265 e. The number of hydrogen-bond donors (Lipinski definition) is 1. The van der Waals surface area contributed by atoms with Gasteiger partial charge in [0.2, 0.25) is 0 Å². The standard InChI is InChI=1S/C22H25N3O3/c1-2-23-10-12-24(13-11-23)22(27)18-7-5-6-17(14-18)15-25-19-8-3-4-9-20(19)28-16-21(25)26/h3-9,14H,2,10-13,15-16H2,1H3/p+1. The minimum Gasteiger partial charge on any atom is -0.482 e. The summed E-state index contributed by atoms with van der Waals surface area (Å²) in [5.41, 5.74) is 2.40. The highest BCUT2D eigenvalue weighted by Gasteiger charge is 2.26. The van der Waals surface area contributed by atoms with E-state index in [1.165, 1.54) is 0 Å². The summed E-state index contributed by atoms with van der Waals surface area (Å²) in [4.78, 5) is 30.5. The minimum atomic E-state index is -0.0749. The van der Waals surface area contributed by atoms with Crippen molar-refractivity contribution in [1.29, 1.82) is 0 Å². The summed E-state index contributed by atoms with van der Waals surface area (Å²) in [6.07, 6.45) is 0. The summed E-state index contributed by atoms with van der Waals surface area (Å²) in [5, 5.41) is 0. The number of benzene rings is 2. The average Bonchev–Trinajstić information content (AvgIpc) is 2.75.